The summed E-state index contributed by atoms with van der Waals surface area (Å²) in [6, 6.07) is 21.5. The lowest BCUT2D eigenvalue weighted by atomic mass is 10.2. The fourth-order valence-corrected chi connectivity index (χ4v) is 2.67. The molecule has 3 aromatic rings. The number of hydrogen-bond acceptors (Lipinski definition) is 4. The van der Waals surface area contributed by atoms with Gasteiger partial charge >= 0.3 is 0 Å². The third kappa shape index (κ3) is 4.73. The molecular formula is C22H21N3O3. The maximum absolute atomic E-state index is 12.7. The van der Waals surface area contributed by atoms with E-state index in [-0.39, 0.29) is 23.2 Å². The van der Waals surface area contributed by atoms with Gasteiger partial charge in [-0.25, -0.2) is 4.98 Å². The van der Waals surface area contributed by atoms with Crippen LogP contribution in [0.25, 0.3) is 0 Å². The zero-order valence-corrected chi connectivity index (χ0v) is 15.8. The number of amides is 2. The van der Waals surface area contributed by atoms with E-state index < -0.39 is 0 Å². The second-order valence-corrected chi connectivity index (χ2v) is 6.24. The lowest BCUT2D eigenvalue weighted by Crippen LogP contribution is -2.27. The molecule has 0 saturated carbocycles. The predicted octanol–water partition coefficient (Wildman–Crippen LogP) is 3.61. The van der Waals surface area contributed by atoms with Gasteiger partial charge in [-0.1, -0.05) is 36.4 Å². The van der Waals surface area contributed by atoms with Crippen molar-refractivity contribution in [3.63, 3.8) is 0 Å². The number of benzene rings is 2. The molecule has 1 N–H and O–H groups in total. The van der Waals surface area contributed by atoms with Crippen molar-refractivity contribution in [2.75, 3.05) is 19.5 Å². The highest BCUT2D eigenvalue weighted by atomic mass is 16.5. The Balaban J connectivity index is 1.69. The summed E-state index contributed by atoms with van der Waals surface area (Å²) in [5.41, 5.74) is 2.04. The number of pyridine rings is 1. The summed E-state index contributed by atoms with van der Waals surface area (Å²) >= 11 is 0. The van der Waals surface area contributed by atoms with E-state index in [1.807, 2.05) is 30.3 Å². The number of hydrogen-bond donors (Lipinski definition) is 1. The van der Waals surface area contributed by atoms with E-state index in [0.717, 1.165) is 5.56 Å². The number of rotatable bonds is 6. The fourth-order valence-electron chi connectivity index (χ4n) is 2.67. The summed E-state index contributed by atoms with van der Waals surface area (Å²) in [6.45, 7) is 0.462. The molecule has 0 aliphatic rings. The topological polar surface area (TPSA) is 71.5 Å². The largest absolute Gasteiger partial charge is 0.497 e. The Bertz CT molecular complexity index is 956. The Morgan fingerprint density at radius 1 is 0.929 bits per heavy atom. The van der Waals surface area contributed by atoms with Crippen molar-refractivity contribution in [3.8, 4) is 5.75 Å². The zero-order valence-electron chi connectivity index (χ0n) is 15.8. The fraction of sp³-hybridized carbons (Fsp3) is 0.136. The van der Waals surface area contributed by atoms with Gasteiger partial charge in [0.25, 0.3) is 11.8 Å². The summed E-state index contributed by atoms with van der Waals surface area (Å²) in [6.07, 6.45) is 0. The Kier molecular flexibility index (Phi) is 6.01. The van der Waals surface area contributed by atoms with Gasteiger partial charge in [0.05, 0.1) is 7.11 Å². The highest BCUT2D eigenvalue weighted by Gasteiger charge is 2.16. The van der Waals surface area contributed by atoms with Crippen LogP contribution in [-0.4, -0.2) is 35.9 Å². The van der Waals surface area contributed by atoms with Crippen molar-refractivity contribution in [2.45, 2.75) is 6.54 Å². The summed E-state index contributed by atoms with van der Waals surface area (Å²) in [4.78, 5) is 31.0. The van der Waals surface area contributed by atoms with Crippen molar-refractivity contribution in [1.82, 2.24) is 9.88 Å². The number of nitrogens with one attached hydrogen (secondary N) is 1. The molecule has 3 rings (SSSR count). The van der Waals surface area contributed by atoms with Crippen molar-refractivity contribution in [1.29, 1.82) is 0 Å². The van der Waals surface area contributed by atoms with Crippen LogP contribution in [0.3, 0.4) is 0 Å². The first kappa shape index (κ1) is 19.1. The number of nitrogens with zero attached hydrogens (tertiary/aromatic N) is 2. The Hall–Kier alpha value is -3.67. The molecule has 1 heterocycles. The van der Waals surface area contributed by atoms with E-state index in [4.69, 9.17) is 4.74 Å². The molecule has 2 amide bonds. The lowest BCUT2D eigenvalue weighted by Gasteiger charge is -2.17. The third-order valence-corrected chi connectivity index (χ3v) is 4.16. The highest BCUT2D eigenvalue weighted by molar-refractivity contribution is 6.03. The number of aromatic nitrogens is 1. The van der Waals surface area contributed by atoms with Crippen LogP contribution < -0.4 is 10.1 Å². The molecule has 28 heavy (non-hydrogen) atoms. The van der Waals surface area contributed by atoms with E-state index in [0.29, 0.717) is 18.0 Å². The summed E-state index contributed by atoms with van der Waals surface area (Å²) in [5, 5.41) is 2.76. The van der Waals surface area contributed by atoms with E-state index in [9.17, 15) is 9.59 Å². The van der Waals surface area contributed by atoms with Crippen molar-refractivity contribution in [2.24, 2.45) is 0 Å². The van der Waals surface area contributed by atoms with Crippen LogP contribution in [0, 0.1) is 0 Å². The normalized spacial score (nSPS) is 10.2. The van der Waals surface area contributed by atoms with Crippen LogP contribution in [0.2, 0.25) is 0 Å². The first-order chi connectivity index (χ1) is 13.6. The van der Waals surface area contributed by atoms with E-state index in [2.05, 4.69) is 10.3 Å². The zero-order chi connectivity index (χ0) is 19.9. The number of ether oxygens (including phenoxy) is 1. The molecule has 2 aromatic carbocycles. The number of anilines is 1. The molecule has 0 spiro atoms. The van der Waals surface area contributed by atoms with Crippen LogP contribution in [-0.2, 0) is 6.54 Å². The van der Waals surface area contributed by atoms with Crippen molar-refractivity contribution < 1.29 is 14.3 Å². The van der Waals surface area contributed by atoms with Gasteiger partial charge in [0.15, 0.2) is 0 Å². The first-order valence-electron chi connectivity index (χ1n) is 8.78. The van der Waals surface area contributed by atoms with Gasteiger partial charge in [-0.2, -0.15) is 0 Å². The molecule has 0 atom stereocenters. The van der Waals surface area contributed by atoms with Crippen molar-refractivity contribution in [3.05, 3.63) is 89.7 Å². The molecule has 142 valence electrons. The molecule has 6 nitrogen and oxygen atoms in total. The second kappa shape index (κ2) is 8.81. The summed E-state index contributed by atoms with van der Waals surface area (Å²) in [5.74, 6) is 0.0682. The minimum atomic E-state index is -0.384. The van der Waals surface area contributed by atoms with Gasteiger partial charge in [-0.05, 0) is 42.0 Å². The SMILES string of the molecule is COc1ccc(NC(=O)c2cccc(C(=O)N(C)Cc3ccccc3)n2)cc1. The smallest absolute Gasteiger partial charge is 0.274 e. The second-order valence-electron chi connectivity index (χ2n) is 6.24. The van der Waals surface area contributed by atoms with Crippen LogP contribution >= 0.6 is 0 Å². The van der Waals surface area contributed by atoms with E-state index in [1.165, 1.54) is 0 Å². The average molecular weight is 375 g/mol. The molecule has 0 aliphatic carbocycles. The molecule has 0 bridgehead atoms. The van der Waals surface area contributed by atoms with Crippen LogP contribution in [0.4, 0.5) is 5.69 Å². The van der Waals surface area contributed by atoms with Gasteiger partial charge in [0.1, 0.15) is 17.1 Å². The highest BCUT2D eigenvalue weighted by Crippen LogP contribution is 2.16. The minimum absolute atomic E-state index is 0.176. The molecule has 0 aliphatic heterocycles. The monoisotopic (exact) mass is 375 g/mol. The van der Waals surface area contributed by atoms with Gasteiger partial charge in [-0.3, -0.25) is 9.59 Å². The maximum atomic E-state index is 12.7. The minimum Gasteiger partial charge on any atom is -0.497 e. The van der Waals surface area contributed by atoms with Crippen molar-refractivity contribution >= 4 is 17.5 Å². The van der Waals surface area contributed by atoms with Gasteiger partial charge in [0, 0.05) is 19.3 Å². The number of methoxy groups -OCH3 is 1. The summed E-state index contributed by atoms with van der Waals surface area (Å²) in [7, 11) is 3.29. The number of carbonyl (C=O) groups excluding carboxylic acids is 2. The van der Waals surface area contributed by atoms with Gasteiger partial charge < -0.3 is 15.0 Å². The quantitative estimate of drug-likeness (QED) is 0.714. The van der Waals surface area contributed by atoms with E-state index >= 15 is 0 Å². The molecule has 0 fully saturated rings. The molecule has 0 saturated heterocycles. The number of carbonyl (C=O) groups is 2. The molecular weight excluding hydrogens is 354 g/mol. The molecule has 0 unspecified atom stereocenters. The van der Waals surface area contributed by atoms with Crippen LogP contribution in [0.5, 0.6) is 5.75 Å². The van der Waals surface area contributed by atoms with Crippen LogP contribution in [0.15, 0.2) is 72.8 Å². The Morgan fingerprint density at radius 2 is 1.61 bits per heavy atom. The molecule has 1 aromatic heterocycles. The Labute approximate surface area is 163 Å². The summed E-state index contributed by atoms with van der Waals surface area (Å²) < 4.78 is 5.10. The standard InChI is InChI=1S/C22H21N3O3/c1-25(15-16-7-4-3-5-8-16)22(27)20-10-6-9-19(24-20)21(26)23-17-11-13-18(28-2)14-12-17/h3-14H,15H2,1-2H3,(H,23,26). The van der Waals surface area contributed by atoms with Crippen LogP contribution in [0.1, 0.15) is 26.5 Å². The molecule has 6 heteroatoms. The van der Waals surface area contributed by atoms with E-state index in [1.54, 1.807) is 61.5 Å². The predicted molar refractivity (Wildman–Crippen MR) is 107 cm³/mol. The van der Waals surface area contributed by atoms with Gasteiger partial charge in [0.2, 0.25) is 0 Å². The maximum Gasteiger partial charge on any atom is 0.274 e. The molecule has 0 radical (unpaired) electrons. The lowest BCUT2D eigenvalue weighted by molar-refractivity contribution is 0.0779. The Morgan fingerprint density at radius 3 is 2.29 bits per heavy atom. The van der Waals surface area contributed by atoms with Gasteiger partial charge in [-0.15, -0.1) is 0 Å². The third-order valence-electron chi connectivity index (χ3n) is 4.16. The average Bonchev–Trinajstić information content (AvgIpc) is 2.74. The first-order valence-corrected chi connectivity index (χ1v) is 8.78.